The summed E-state index contributed by atoms with van der Waals surface area (Å²) in [5.41, 5.74) is 0. The smallest absolute Gasteiger partial charge is 0.244 e. The molecule has 0 aromatic heterocycles. The summed E-state index contributed by atoms with van der Waals surface area (Å²) in [5.74, 6) is -1.31. The number of hydrogen-bond donors (Lipinski definition) is 1. The van der Waals surface area contributed by atoms with E-state index in [1.54, 1.807) is 9.80 Å². The van der Waals surface area contributed by atoms with Crippen LogP contribution in [-0.2, 0) is 24.3 Å². The SMILES string of the molecule is C[C@@H](NS(=O)(=O)c1ccccc1F)C(=O)N1CCC(C(=O)N2CCOCC2)CC1. The molecule has 2 amide bonds. The quantitative estimate of drug-likeness (QED) is 0.742. The van der Waals surface area contributed by atoms with Crippen LogP contribution in [0.25, 0.3) is 0 Å². The Morgan fingerprint density at radius 2 is 1.72 bits per heavy atom. The number of carbonyl (C=O) groups excluding carboxylic acids is 2. The van der Waals surface area contributed by atoms with Gasteiger partial charge < -0.3 is 14.5 Å². The number of rotatable bonds is 5. The molecular weight excluding hydrogens is 401 g/mol. The van der Waals surface area contributed by atoms with Gasteiger partial charge in [0.15, 0.2) is 0 Å². The van der Waals surface area contributed by atoms with Crippen molar-refractivity contribution in [3.63, 3.8) is 0 Å². The van der Waals surface area contributed by atoms with E-state index in [1.165, 1.54) is 19.1 Å². The van der Waals surface area contributed by atoms with Gasteiger partial charge in [-0.15, -0.1) is 0 Å². The Morgan fingerprint density at radius 1 is 1.10 bits per heavy atom. The molecule has 1 aromatic rings. The van der Waals surface area contributed by atoms with Crippen molar-refractivity contribution in [1.82, 2.24) is 14.5 Å². The Morgan fingerprint density at radius 3 is 2.34 bits per heavy atom. The van der Waals surface area contributed by atoms with Gasteiger partial charge in [0.2, 0.25) is 21.8 Å². The Balaban J connectivity index is 1.55. The largest absolute Gasteiger partial charge is 0.378 e. The molecule has 1 aromatic carbocycles. The molecule has 0 aliphatic carbocycles. The second-order valence-electron chi connectivity index (χ2n) is 7.31. The summed E-state index contributed by atoms with van der Waals surface area (Å²) in [4.78, 5) is 28.1. The molecule has 29 heavy (non-hydrogen) atoms. The second kappa shape index (κ2) is 9.19. The van der Waals surface area contributed by atoms with Crippen molar-refractivity contribution < 1.29 is 27.1 Å². The number of likely N-dealkylation sites (tertiary alicyclic amines) is 1. The minimum atomic E-state index is -4.16. The van der Waals surface area contributed by atoms with Crippen molar-refractivity contribution in [3.8, 4) is 0 Å². The zero-order valence-corrected chi connectivity index (χ0v) is 17.2. The number of amides is 2. The molecule has 8 nitrogen and oxygen atoms in total. The van der Waals surface area contributed by atoms with Gasteiger partial charge in [0.25, 0.3) is 0 Å². The van der Waals surface area contributed by atoms with Gasteiger partial charge in [-0.25, -0.2) is 12.8 Å². The molecule has 2 aliphatic rings. The molecule has 3 rings (SSSR count). The summed E-state index contributed by atoms with van der Waals surface area (Å²) in [6, 6.07) is 3.98. The Hall–Kier alpha value is -2.04. The molecule has 2 fully saturated rings. The number of nitrogens with zero attached hydrogens (tertiary/aromatic N) is 2. The topological polar surface area (TPSA) is 96.0 Å². The van der Waals surface area contributed by atoms with Gasteiger partial charge in [-0.3, -0.25) is 9.59 Å². The third kappa shape index (κ3) is 5.12. The number of benzene rings is 1. The van der Waals surface area contributed by atoms with E-state index in [0.717, 1.165) is 12.1 Å². The normalized spacial score (nSPS) is 19.8. The molecule has 0 saturated carbocycles. The molecule has 10 heteroatoms. The average Bonchev–Trinajstić information content (AvgIpc) is 2.73. The molecule has 0 radical (unpaired) electrons. The predicted molar refractivity (Wildman–Crippen MR) is 103 cm³/mol. The van der Waals surface area contributed by atoms with Crippen molar-refractivity contribution in [2.75, 3.05) is 39.4 Å². The highest BCUT2D eigenvalue weighted by Gasteiger charge is 2.33. The first kappa shape index (κ1) is 21.7. The van der Waals surface area contributed by atoms with Crippen molar-refractivity contribution in [3.05, 3.63) is 30.1 Å². The molecule has 2 saturated heterocycles. The predicted octanol–water partition coefficient (Wildman–Crippen LogP) is 0.590. The fraction of sp³-hybridized carbons (Fsp3) is 0.579. The highest BCUT2D eigenvalue weighted by Crippen LogP contribution is 2.21. The zero-order chi connectivity index (χ0) is 21.0. The standard InChI is InChI=1S/C19H26FN3O5S/c1-14(21-29(26,27)17-5-3-2-4-16(17)20)18(24)22-8-6-15(7-9-22)19(25)23-10-12-28-13-11-23/h2-5,14-15,21H,6-13H2,1H3/t14-/m1/s1. The number of ether oxygens (including phenoxy) is 1. The second-order valence-corrected chi connectivity index (χ2v) is 8.99. The first-order valence-corrected chi connectivity index (χ1v) is 11.2. The van der Waals surface area contributed by atoms with E-state index in [4.69, 9.17) is 4.74 Å². The van der Waals surface area contributed by atoms with E-state index in [2.05, 4.69) is 4.72 Å². The summed E-state index contributed by atoms with van der Waals surface area (Å²) >= 11 is 0. The van der Waals surface area contributed by atoms with Crippen LogP contribution in [0.5, 0.6) is 0 Å². The van der Waals surface area contributed by atoms with Crippen molar-refractivity contribution in [2.45, 2.75) is 30.7 Å². The van der Waals surface area contributed by atoms with Gasteiger partial charge >= 0.3 is 0 Å². The Labute approximate surface area is 170 Å². The fourth-order valence-corrected chi connectivity index (χ4v) is 4.95. The van der Waals surface area contributed by atoms with Gasteiger partial charge in [0.1, 0.15) is 10.7 Å². The van der Waals surface area contributed by atoms with Crippen LogP contribution in [0.2, 0.25) is 0 Å². The third-order valence-electron chi connectivity index (χ3n) is 5.31. The number of carbonyl (C=O) groups is 2. The molecular formula is C19H26FN3O5S. The molecule has 0 bridgehead atoms. The molecule has 1 atom stereocenters. The van der Waals surface area contributed by atoms with Gasteiger partial charge in [-0.05, 0) is 31.9 Å². The lowest BCUT2D eigenvalue weighted by Gasteiger charge is -2.36. The lowest BCUT2D eigenvalue weighted by Crippen LogP contribution is -2.51. The summed E-state index contributed by atoms with van der Waals surface area (Å²) in [6.45, 7) is 4.47. The third-order valence-corrected chi connectivity index (χ3v) is 6.88. The van der Waals surface area contributed by atoms with Crippen LogP contribution < -0.4 is 4.72 Å². The van der Waals surface area contributed by atoms with E-state index in [9.17, 15) is 22.4 Å². The van der Waals surface area contributed by atoms with Gasteiger partial charge in [-0.2, -0.15) is 4.72 Å². The zero-order valence-electron chi connectivity index (χ0n) is 16.3. The number of hydrogen-bond acceptors (Lipinski definition) is 5. The monoisotopic (exact) mass is 427 g/mol. The van der Waals surface area contributed by atoms with Crippen LogP contribution in [0.1, 0.15) is 19.8 Å². The van der Waals surface area contributed by atoms with Gasteiger partial charge in [0, 0.05) is 32.1 Å². The maximum Gasteiger partial charge on any atom is 0.244 e. The maximum absolute atomic E-state index is 13.8. The first-order chi connectivity index (χ1) is 13.8. The summed E-state index contributed by atoms with van der Waals surface area (Å²) < 4.78 is 46.1. The molecule has 0 unspecified atom stereocenters. The summed E-state index contributed by atoms with van der Waals surface area (Å²) in [6.07, 6.45) is 1.07. The lowest BCUT2D eigenvalue weighted by molar-refractivity contribution is -0.144. The number of sulfonamides is 1. The van der Waals surface area contributed by atoms with E-state index >= 15 is 0 Å². The Kier molecular flexibility index (Phi) is 6.86. The number of piperidine rings is 1. The van der Waals surface area contributed by atoms with Crippen LogP contribution in [0.3, 0.4) is 0 Å². The highest BCUT2D eigenvalue weighted by atomic mass is 32.2. The molecule has 2 aliphatic heterocycles. The van der Waals surface area contributed by atoms with Crippen LogP contribution >= 0.6 is 0 Å². The first-order valence-electron chi connectivity index (χ1n) is 9.72. The van der Waals surface area contributed by atoms with Crippen LogP contribution in [0, 0.1) is 11.7 Å². The fourth-order valence-electron chi connectivity index (χ4n) is 3.67. The minimum Gasteiger partial charge on any atom is -0.378 e. The van der Waals surface area contributed by atoms with E-state index in [1.807, 2.05) is 0 Å². The summed E-state index contributed by atoms with van der Waals surface area (Å²) in [5, 5.41) is 0. The van der Waals surface area contributed by atoms with Gasteiger partial charge in [-0.1, -0.05) is 12.1 Å². The lowest BCUT2D eigenvalue weighted by atomic mass is 9.94. The van der Waals surface area contributed by atoms with E-state index < -0.39 is 26.8 Å². The molecule has 160 valence electrons. The maximum atomic E-state index is 13.8. The molecule has 0 spiro atoms. The highest BCUT2D eigenvalue weighted by molar-refractivity contribution is 7.89. The van der Waals surface area contributed by atoms with Crippen molar-refractivity contribution in [2.24, 2.45) is 5.92 Å². The summed E-state index contributed by atoms with van der Waals surface area (Å²) in [7, 11) is -4.16. The van der Waals surface area contributed by atoms with Crippen LogP contribution in [0.4, 0.5) is 4.39 Å². The van der Waals surface area contributed by atoms with Crippen molar-refractivity contribution in [1.29, 1.82) is 0 Å². The number of halogens is 1. The molecule has 1 N–H and O–H groups in total. The van der Waals surface area contributed by atoms with Crippen LogP contribution in [0.15, 0.2) is 29.2 Å². The van der Waals surface area contributed by atoms with Gasteiger partial charge in [0.05, 0.1) is 19.3 Å². The average molecular weight is 427 g/mol. The minimum absolute atomic E-state index is 0.0914. The molecule has 2 heterocycles. The van der Waals surface area contributed by atoms with E-state index in [-0.39, 0.29) is 17.7 Å². The van der Waals surface area contributed by atoms with E-state index in [0.29, 0.717) is 52.2 Å². The van der Waals surface area contributed by atoms with Crippen LogP contribution in [-0.4, -0.2) is 75.5 Å². The Bertz CT molecular complexity index is 849. The number of nitrogens with one attached hydrogen (secondary N) is 1. The number of morpholine rings is 1. The van der Waals surface area contributed by atoms with Crippen molar-refractivity contribution >= 4 is 21.8 Å².